The van der Waals surface area contributed by atoms with E-state index < -0.39 is 0 Å². The number of hydrogen-bond donors (Lipinski definition) is 2. The van der Waals surface area contributed by atoms with Crippen LogP contribution in [-0.2, 0) is 4.79 Å². The van der Waals surface area contributed by atoms with Gasteiger partial charge in [0.2, 0.25) is 12.2 Å². The van der Waals surface area contributed by atoms with Crippen molar-refractivity contribution in [2.45, 2.75) is 213 Å². The molecule has 0 bridgehead atoms. The van der Waals surface area contributed by atoms with Gasteiger partial charge in [0.15, 0.2) is 0 Å². The van der Waals surface area contributed by atoms with Crippen molar-refractivity contribution in [3.8, 4) is 0 Å². The number of aromatic nitrogens is 2. The van der Waals surface area contributed by atoms with Crippen molar-refractivity contribution in [2.24, 2.45) is 5.92 Å². The van der Waals surface area contributed by atoms with Gasteiger partial charge in [-0.15, -0.1) is 0 Å². The van der Waals surface area contributed by atoms with Gasteiger partial charge < -0.3 is 5.32 Å². The highest BCUT2D eigenvalue weighted by Gasteiger charge is 2.28. The lowest BCUT2D eigenvalue weighted by Crippen LogP contribution is -2.48. The van der Waals surface area contributed by atoms with E-state index in [2.05, 4.69) is 79.4 Å². The van der Waals surface area contributed by atoms with Crippen LogP contribution in [0.25, 0.3) is 0 Å². The summed E-state index contributed by atoms with van der Waals surface area (Å²) in [5.74, 6) is 0.600. The van der Waals surface area contributed by atoms with Gasteiger partial charge >= 0.3 is 0 Å². The molecule has 1 aromatic rings. The van der Waals surface area contributed by atoms with Crippen molar-refractivity contribution < 1.29 is 9.36 Å². The summed E-state index contributed by atoms with van der Waals surface area (Å²) in [6.45, 7) is 9.07. The number of carbonyl (C=O) groups excluding carboxylic acids is 1. The molecule has 0 saturated carbocycles. The Labute approximate surface area is 287 Å². The van der Waals surface area contributed by atoms with Crippen molar-refractivity contribution in [3.05, 3.63) is 43.0 Å². The van der Waals surface area contributed by atoms with Crippen LogP contribution in [0.15, 0.2) is 43.0 Å². The number of allylic oxidation sites excluding steroid dienone is 4. The van der Waals surface area contributed by atoms with Crippen molar-refractivity contribution >= 4 is 5.91 Å². The van der Waals surface area contributed by atoms with Crippen LogP contribution in [0, 0.1) is 5.92 Å². The van der Waals surface area contributed by atoms with E-state index in [0.717, 1.165) is 19.3 Å². The lowest BCUT2D eigenvalue weighted by atomic mass is 9.90. The average molecular weight is 641 g/mol. The molecular weight excluding hydrogens is 562 g/mol. The molecule has 0 spiro atoms. The van der Waals surface area contributed by atoms with Gasteiger partial charge in [0.25, 0.3) is 0 Å². The molecule has 0 aliphatic heterocycles. The molecule has 2 N–H and O–H groups in total. The van der Waals surface area contributed by atoms with Crippen LogP contribution in [0.1, 0.15) is 207 Å². The predicted molar refractivity (Wildman–Crippen MR) is 201 cm³/mol. The number of hydrogen-bond acceptors (Lipinski definition) is 1. The summed E-state index contributed by atoms with van der Waals surface area (Å²) in [5, 5.41) is 3.34. The Hall–Kier alpha value is -1.84. The summed E-state index contributed by atoms with van der Waals surface area (Å²) in [6.07, 6.45) is 50.3. The summed E-state index contributed by atoms with van der Waals surface area (Å²) in [5.41, 5.74) is 0. The van der Waals surface area contributed by atoms with Gasteiger partial charge in [-0.25, -0.2) is 4.57 Å². The van der Waals surface area contributed by atoms with Gasteiger partial charge in [0, 0.05) is 18.4 Å². The Bertz CT molecular complexity index is 830. The Morgan fingerprint density at radius 2 is 1.07 bits per heavy atom. The number of nitrogens with zero attached hydrogens (tertiary/aromatic N) is 1. The van der Waals surface area contributed by atoms with Crippen molar-refractivity contribution in [2.75, 3.05) is 0 Å². The van der Waals surface area contributed by atoms with Gasteiger partial charge in [-0.1, -0.05) is 141 Å². The molecule has 0 fully saturated rings. The normalized spacial score (nSPS) is 13.9. The van der Waals surface area contributed by atoms with Gasteiger partial charge in [-0.3, -0.25) is 9.78 Å². The average Bonchev–Trinajstić information content (AvgIpc) is 3.59. The first-order chi connectivity index (χ1) is 22.6. The monoisotopic (exact) mass is 641 g/mol. The first kappa shape index (κ1) is 42.2. The third-order valence-electron chi connectivity index (χ3n) is 9.91. The summed E-state index contributed by atoms with van der Waals surface area (Å²) < 4.78 is 2.32. The number of amides is 1. The van der Waals surface area contributed by atoms with Crippen LogP contribution in [0.5, 0.6) is 0 Å². The molecule has 0 radical (unpaired) electrons. The van der Waals surface area contributed by atoms with E-state index in [1.165, 1.54) is 148 Å². The summed E-state index contributed by atoms with van der Waals surface area (Å²) >= 11 is 0. The van der Waals surface area contributed by atoms with E-state index in [-0.39, 0.29) is 11.9 Å². The zero-order chi connectivity index (χ0) is 33.3. The fourth-order valence-corrected chi connectivity index (χ4v) is 6.59. The van der Waals surface area contributed by atoms with Crippen LogP contribution in [0.3, 0.4) is 0 Å². The largest absolute Gasteiger partial charge is 0.353 e. The number of H-pyrrole nitrogens is 1. The zero-order valence-electron chi connectivity index (χ0n) is 31.2. The van der Waals surface area contributed by atoms with Crippen molar-refractivity contribution in [1.29, 1.82) is 0 Å². The van der Waals surface area contributed by atoms with E-state index in [1.54, 1.807) is 0 Å². The number of imidazole rings is 1. The second-order valence-corrected chi connectivity index (χ2v) is 14.2. The van der Waals surface area contributed by atoms with E-state index in [1.807, 2.05) is 6.20 Å². The fraction of sp³-hybridized carbons (Fsp3) is 0.810. The van der Waals surface area contributed by atoms with Gasteiger partial charge in [-0.05, 0) is 77.6 Å². The molecule has 46 heavy (non-hydrogen) atoms. The highest BCUT2D eigenvalue weighted by atomic mass is 16.1. The molecule has 1 amide bonds. The Morgan fingerprint density at radius 1 is 0.630 bits per heavy atom. The summed E-state index contributed by atoms with van der Waals surface area (Å²) in [4.78, 5) is 16.0. The van der Waals surface area contributed by atoms with Crippen LogP contribution in [0.2, 0.25) is 0 Å². The molecule has 0 aromatic carbocycles. The van der Waals surface area contributed by atoms with Gasteiger partial charge in [-0.2, -0.15) is 0 Å². The minimum Gasteiger partial charge on any atom is -0.353 e. The van der Waals surface area contributed by atoms with Crippen LogP contribution < -0.4 is 9.88 Å². The maximum atomic E-state index is 12.8. The van der Waals surface area contributed by atoms with E-state index in [0.29, 0.717) is 18.4 Å². The standard InChI is InChI=1S/C42H77N3O/c1-5-7-9-11-13-15-17-19-21-23-25-27-29-31-33-35-42(46)44-40(4)39(3)41(45-37-36-43-38-45)34-32-30-28-26-24-22-20-18-16-14-12-10-8-6-2/h19-22,36-41H,5-18,23-35H2,1-4H3,(H,44,46)/p+1/b21-19-,22-20-. The fourth-order valence-electron chi connectivity index (χ4n) is 6.59. The quantitative estimate of drug-likeness (QED) is 0.0448. The second-order valence-electron chi connectivity index (χ2n) is 14.2. The SMILES string of the molecule is CCCCCCCC/C=C\CCCCCCCC(=O)NC(C)C(C)C(CCCCCC/C=C\CCCCCCCC)[n+]1cc[nH]c1. The summed E-state index contributed by atoms with van der Waals surface area (Å²) in [6, 6.07) is 0.568. The second kappa shape index (κ2) is 31.7. The highest BCUT2D eigenvalue weighted by Crippen LogP contribution is 2.23. The number of carbonyl (C=O) groups is 1. The molecule has 3 unspecified atom stereocenters. The maximum absolute atomic E-state index is 12.8. The molecule has 266 valence electrons. The smallest absolute Gasteiger partial charge is 0.241 e. The lowest BCUT2D eigenvalue weighted by Gasteiger charge is -2.27. The third kappa shape index (κ3) is 24.3. The minimum atomic E-state index is 0.166. The minimum absolute atomic E-state index is 0.166. The Kier molecular flexibility index (Phi) is 29.1. The molecule has 1 rings (SSSR count). The van der Waals surface area contributed by atoms with E-state index in [4.69, 9.17) is 0 Å². The summed E-state index contributed by atoms with van der Waals surface area (Å²) in [7, 11) is 0. The predicted octanol–water partition coefficient (Wildman–Crippen LogP) is 12.7. The Balaban J connectivity index is 2.15. The van der Waals surface area contributed by atoms with E-state index in [9.17, 15) is 4.79 Å². The van der Waals surface area contributed by atoms with E-state index >= 15 is 0 Å². The zero-order valence-corrected chi connectivity index (χ0v) is 31.2. The molecule has 1 aromatic heterocycles. The third-order valence-corrected chi connectivity index (χ3v) is 9.91. The number of aromatic amines is 1. The molecule has 4 heteroatoms. The molecule has 4 nitrogen and oxygen atoms in total. The first-order valence-corrected chi connectivity index (χ1v) is 20.2. The highest BCUT2D eigenvalue weighted by molar-refractivity contribution is 5.76. The molecule has 0 saturated heterocycles. The number of rotatable bonds is 33. The first-order valence-electron chi connectivity index (χ1n) is 20.2. The molecule has 0 aliphatic rings. The van der Waals surface area contributed by atoms with Crippen molar-refractivity contribution in [1.82, 2.24) is 10.3 Å². The van der Waals surface area contributed by atoms with Crippen molar-refractivity contribution in [3.63, 3.8) is 0 Å². The lowest BCUT2D eigenvalue weighted by molar-refractivity contribution is -0.729. The number of unbranched alkanes of at least 4 members (excludes halogenated alkanes) is 21. The van der Waals surface area contributed by atoms with Gasteiger partial charge in [0.05, 0.1) is 0 Å². The Morgan fingerprint density at radius 3 is 1.52 bits per heavy atom. The molecular formula is C42H78N3O+. The van der Waals surface area contributed by atoms with Crippen LogP contribution in [-0.4, -0.2) is 16.9 Å². The maximum Gasteiger partial charge on any atom is 0.241 e. The van der Waals surface area contributed by atoms with Crippen LogP contribution in [0.4, 0.5) is 0 Å². The molecule has 0 aliphatic carbocycles. The topological polar surface area (TPSA) is 48.8 Å². The van der Waals surface area contributed by atoms with Gasteiger partial charge in [0.1, 0.15) is 18.4 Å². The van der Waals surface area contributed by atoms with Crippen LogP contribution >= 0.6 is 0 Å². The molecule has 3 atom stereocenters. The number of nitrogens with one attached hydrogen (secondary N) is 2. The molecule has 1 heterocycles.